The van der Waals surface area contributed by atoms with E-state index in [-0.39, 0.29) is 5.91 Å². The Bertz CT molecular complexity index is 686. The van der Waals surface area contributed by atoms with E-state index in [1.54, 1.807) is 22.7 Å². The lowest BCUT2D eigenvalue weighted by Crippen LogP contribution is -2.22. The zero-order chi connectivity index (χ0) is 14.5. The molecule has 1 N–H and O–H groups in total. The van der Waals surface area contributed by atoms with Gasteiger partial charge >= 0.3 is 0 Å². The maximum atomic E-state index is 11.8. The van der Waals surface area contributed by atoms with Crippen LogP contribution in [0.1, 0.15) is 22.7 Å². The van der Waals surface area contributed by atoms with Gasteiger partial charge in [0, 0.05) is 11.3 Å². The van der Waals surface area contributed by atoms with Crippen LogP contribution in [0.25, 0.3) is 10.2 Å². The molecule has 0 bridgehead atoms. The van der Waals surface area contributed by atoms with Crippen molar-refractivity contribution >= 4 is 38.8 Å². The molecule has 0 atom stereocenters. The molecule has 0 radical (unpaired) electrons. The maximum absolute atomic E-state index is 11.8. The van der Waals surface area contributed by atoms with Gasteiger partial charge in [-0.1, -0.05) is 18.2 Å². The van der Waals surface area contributed by atoms with Crippen LogP contribution in [0.5, 0.6) is 0 Å². The van der Waals surface area contributed by atoms with E-state index < -0.39 is 0 Å². The Hall–Kier alpha value is -1.72. The van der Waals surface area contributed by atoms with Crippen molar-refractivity contribution in [2.45, 2.75) is 25.8 Å². The van der Waals surface area contributed by atoms with Crippen LogP contribution in [0, 0.1) is 0 Å². The number of carbonyl (C=O) groups excluding carboxylic acids is 1. The highest BCUT2D eigenvalue weighted by atomic mass is 32.1. The van der Waals surface area contributed by atoms with Crippen molar-refractivity contribution in [3.63, 3.8) is 0 Å². The molecule has 0 aliphatic heterocycles. The molecule has 3 nitrogen and oxygen atoms in total. The number of nitrogens with zero attached hydrogens (tertiary/aromatic N) is 1. The first-order chi connectivity index (χ1) is 10.3. The van der Waals surface area contributed by atoms with Crippen molar-refractivity contribution < 1.29 is 4.79 Å². The van der Waals surface area contributed by atoms with Gasteiger partial charge in [0.2, 0.25) is 5.91 Å². The van der Waals surface area contributed by atoms with Crippen molar-refractivity contribution in [1.82, 2.24) is 10.3 Å². The summed E-state index contributed by atoms with van der Waals surface area (Å²) in [6.07, 6.45) is 2.45. The number of amides is 1. The molecule has 2 heterocycles. The minimum absolute atomic E-state index is 0.103. The highest BCUT2D eigenvalue weighted by molar-refractivity contribution is 7.18. The number of carbonyl (C=O) groups is 1. The van der Waals surface area contributed by atoms with Crippen LogP contribution in [0.4, 0.5) is 0 Å². The highest BCUT2D eigenvalue weighted by Gasteiger charge is 2.06. The van der Waals surface area contributed by atoms with Gasteiger partial charge < -0.3 is 5.32 Å². The Balaban J connectivity index is 1.44. The molecule has 3 aromatic rings. The van der Waals surface area contributed by atoms with Crippen LogP contribution >= 0.6 is 22.7 Å². The van der Waals surface area contributed by atoms with Gasteiger partial charge in [0.25, 0.3) is 0 Å². The van der Waals surface area contributed by atoms with E-state index in [0.717, 1.165) is 23.4 Å². The summed E-state index contributed by atoms with van der Waals surface area (Å²) in [6, 6.07) is 12.2. The summed E-state index contributed by atoms with van der Waals surface area (Å²) >= 11 is 3.38. The predicted molar refractivity (Wildman–Crippen MR) is 88.7 cm³/mol. The molecule has 5 heteroatoms. The van der Waals surface area contributed by atoms with E-state index in [1.165, 1.54) is 9.58 Å². The smallest absolute Gasteiger partial charge is 0.220 e. The molecule has 0 fully saturated rings. The molecule has 0 aliphatic rings. The first-order valence-corrected chi connectivity index (χ1v) is 8.64. The number of thiophene rings is 1. The van der Waals surface area contributed by atoms with Crippen molar-refractivity contribution in [2.75, 3.05) is 0 Å². The summed E-state index contributed by atoms with van der Waals surface area (Å²) in [4.78, 5) is 17.7. The fraction of sp³-hybridized carbons (Fsp3) is 0.250. The van der Waals surface area contributed by atoms with Gasteiger partial charge in [0.15, 0.2) is 0 Å². The van der Waals surface area contributed by atoms with Gasteiger partial charge in [-0.25, -0.2) is 4.98 Å². The second-order valence-corrected chi connectivity index (χ2v) is 6.93. The predicted octanol–water partition coefficient (Wildman–Crippen LogP) is 4.00. The Labute approximate surface area is 131 Å². The molecule has 2 aromatic heterocycles. The molecule has 0 unspecified atom stereocenters. The molecular weight excluding hydrogens is 300 g/mol. The maximum Gasteiger partial charge on any atom is 0.220 e. The molecule has 0 saturated heterocycles. The minimum atomic E-state index is 0.103. The SMILES string of the molecule is O=C(CCCc1cccs1)NCc1nc2ccccc2s1. The van der Waals surface area contributed by atoms with Gasteiger partial charge in [-0.05, 0) is 36.4 Å². The molecule has 1 amide bonds. The zero-order valence-electron chi connectivity index (χ0n) is 11.5. The number of hydrogen-bond acceptors (Lipinski definition) is 4. The standard InChI is InChI=1S/C16H16N2OS2/c19-15(9-3-5-12-6-4-10-20-12)17-11-16-18-13-7-1-2-8-14(13)21-16/h1-2,4,6-8,10H,3,5,9,11H2,(H,17,19). The summed E-state index contributed by atoms with van der Waals surface area (Å²) in [6.45, 7) is 0.525. The molecule has 21 heavy (non-hydrogen) atoms. The Morgan fingerprint density at radius 1 is 1.19 bits per heavy atom. The summed E-state index contributed by atoms with van der Waals surface area (Å²) in [5.41, 5.74) is 1.00. The molecule has 0 aliphatic carbocycles. The summed E-state index contributed by atoms with van der Waals surface area (Å²) in [5, 5.41) is 5.99. The first kappa shape index (κ1) is 14.2. The van der Waals surface area contributed by atoms with E-state index in [2.05, 4.69) is 27.8 Å². The lowest BCUT2D eigenvalue weighted by Gasteiger charge is -2.02. The van der Waals surface area contributed by atoms with Gasteiger partial charge in [-0.3, -0.25) is 4.79 Å². The average molecular weight is 316 g/mol. The lowest BCUT2D eigenvalue weighted by molar-refractivity contribution is -0.121. The van der Waals surface area contributed by atoms with Gasteiger partial charge in [0.05, 0.1) is 16.8 Å². The number of fused-ring (bicyclic) bond motifs is 1. The number of hydrogen-bond donors (Lipinski definition) is 1. The summed E-state index contributed by atoms with van der Waals surface area (Å²) in [7, 11) is 0. The van der Waals surface area contributed by atoms with Crippen molar-refractivity contribution in [1.29, 1.82) is 0 Å². The highest BCUT2D eigenvalue weighted by Crippen LogP contribution is 2.21. The number of thiazole rings is 1. The third-order valence-corrected chi connectivity index (χ3v) is 5.15. The third kappa shape index (κ3) is 3.89. The van der Waals surface area contributed by atoms with E-state index in [0.29, 0.717) is 13.0 Å². The molecule has 108 valence electrons. The van der Waals surface area contributed by atoms with Crippen LogP contribution in [0.3, 0.4) is 0 Å². The van der Waals surface area contributed by atoms with Crippen molar-refractivity contribution in [3.8, 4) is 0 Å². The van der Waals surface area contributed by atoms with Crippen LogP contribution < -0.4 is 5.32 Å². The topological polar surface area (TPSA) is 42.0 Å². The lowest BCUT2D eigenvalue weighted by atomic mass is 10.2. The second-order valence-electron chi connectivity index (χ2n) is 4.78. The number of para-hydroxylation sites is 1. The monoisotopic (exact) mass is 316 g/mol. The molecule has 3 rings (SSSR count). The fourth-order valence-corrected chi connectivity index (χ4v) is 3.79. The third-order valence-electron chi connectivity index (χ3n) is 3.18. The Morgan fingerprint density at radius 3 is 2.90 bits per heavy atom. The number of rotatable bonds is 6. The second kappa shape index (κ2) is 6.83. The van der Waals surface area contributed by atoms with E-state index >= 15 is 0 Å². The van der Waals surface area contributed by atoms with Gasteiger partial charge in [0.1, 0.15) is 5.01 Å². The van der Waals surface area contributed by atoms with Crippen LogP contribution in [-0.2, 0) is 17.8 Å². The summed E-state index contributed by atoms with van der Waals surface area (Å²) in [5.74, 6) is 0.103. The van der Waals surface area contributed by atoms with Crippen molar-refractivity contribution in [2.24, 2.45) is 0 Å². The van der Waals surface area contributed by atoms with Gasteiger partial charge in [-0.15, -0.1) is 22.7 Å². The Morgan fingerprint density at radius 2 is 2.10 bits per heavy atom. The summed E-state index contributed by atoms with van der Waals surface area (Å²) < 4.78 is 1.17. The molecule has 1 aromatic carbocycles. The van der Waals surface area contributed by atoms with Crippen LogP contribution in [-0.4, -0.2) is 10.9 Å². The first-order valence-electron chi connectivity index (χ1n) is 6.95. The molecule has 0 spiro atoms. The number of aryl methyl sites for hydroxylation is 1. The number of aromatic nitrogens is 1. The normalized spacial score (nSPS) is 10.9. The molecule has 0 saturated carbocycles. The van der Waals surface area contributed by atoms with E-state index in [9.17, 15) is 4.79 Å². The van der Waals surface area contributed by atoms with Crippen LogP contribution in [0.15, 0.2) is 41.8 Å². The number of nitrogens with one attached hydrogen (secondary N) is 1. The zero-order valence-corrected chi connectivity index (χ0v) is 13.2. The average Bonchev–Trinajstić information content (AvgIpc) is 3.13. The van der Waals surface area contributed by atoms with E-state index in [1.807, 2.05) is 24.3 Å². The quantitative estimate of drug-likeness (QED) is 0.747. The molecular formula is C16H16N2OS2. The largest absolute Gasteiger partial charge is 0.350 e. The van der Waals surface area contributed by atoms with E-state index in [4.69, 9.17) is 0 Å². The van der Waals surface area contributed by atoms with Crippen LogP contribution in [0.2, 0.25) is 0 Å². The fourth-order valence-electron chi connectivity index (χ4n) is 2.14. The minimum Gasteiger partial charge on any atom is -0.350 e. The van der Waals surface area contributed by atoms with Crippen molar-refractivity contribution in [3.05, 3.63) is 51.7 Å². The van der Waals surface area contributed by atoms with Gasteiger partial charge in [-0.2, -0.15) is 0 Å². The number of benzene rings is 1. The Kier molecular flexibility index (Phi) is 4.62.